The molecule has 0 spiro atoms. The van der Waals surface area contributed by atoms with Crippen molar-refractivity contribution in [2.24, 2.45) is 0 Å². The molecule has 0 fully saturated rings. The number of phenols is 1. The highest BCUT2D eigenvalue weighted by molar-refractivity contribution is 5.59. The predicted octanol–water partition coefficient (Wildman–Crippen LogP) is 1.50. The molecule has 0 unspecified atom stereocenters. The number of rotatable bonds is 0. The van der Waals surface area contributed by atoms with Crippen molar-refractivity contribution >= 4 is 5.69 Å². The van der Waals surface area contributed by atoms with Gasteiger partial charge in [-0.05, 0) is 18.1 Å². The van der Waals surface area contributed by atoms with Crippen LogP contribution in [0.3, 0.4) is 0 Å². The van der Waals surface area contributed by atoms with Crippen LogP contribution in [-0.2, 0) is 6.42 Å². The Kier molecular flexibility index (Phi) is 1.24. The fraction of sp³-hybridized carbons (Fsp3) is 0.250. The van der Waals surface area contributed by atoms with Gasteiger partial charge in [-0.3, -0.25) is 0 Å². The van der Waals surface area contributed by atoms with Crippen LogP contribution in [0.2, 0.25) is 0 Å². The minimum absolute atomic E-state index is 0.279. The standard InChI is InChI=1S/C8H8FNO/c9-7-6(11)2-1-5-3-4-10-8(5)7/h1-2,10-11H,3-4H2. The quantitative estimate of drug-likeness (QED) is 0.592. The van der Waals surface area contributed by atoms with Crippen molar-refractivity contribution in [1.29, 1.82) is 0 Å². The number of hydrogen-bond donors (Lipinski definition) is 2. The highest BCUT2D eigenvalue weighted by Gasteiger charge is 2.16. The van der Waals surface area contributed by atoms with Gasteiger partial charge in [0.2, 0.25) is 0 Å². The van der Waals surface area contributed by atoms with Crippen LogP contribution in [-0.4, -0.2) is 11.7 Å². The topological polar surface area (TPSA) is 32.3 Å². The second kappa shape index (κ2) is 2.12. The number of anilines is 1. The van der Waals surface area contributed by atoms with Gasteiger partial charge >= 0.3 is 0 Å². The molecule has 2 N–H and O–H groups in total. The molecule has 0 atom stereocenters. The van der Waals surface area contributed by atoms with Gasteiger partial charge in [0.15, 0.2) is 11.6 Å². The molecule has 1 aliphatic heterocycles. The van der Waals surface area contributed by atoms with Crippen molar-refractivity contribution in [3.05, 3.63) is 23.5 Å². The Morgan fingerprint density at radius 2 is 2.27 bits per heavy atom. The van der Waals surface area contributed by atoms with Gasteiger partial charge in [-0.25, -0.2) is 4.39 Å². The molecule has 1 aromatic carbocycles. The van der Waals surface area contributed by atoms with Crippen molar-refractivity contribution in [2.45, 2.75) is 6.42 Å². The first kappa shape index (κ1) is 6.46. The van der Waals surface area contributed by atoms with Gasteiger partial charge in [0.05, 0.1) is 5.69 Å². The Bertz CT molecular complexity index is 298. The average molecular weight is 153 g/mol. The molecule has 0 aliphatic carbocycles. The minimum atomic E-state index is -0.528. The molecule has 2 nitrogen and oxygen atoms in total. The van der Waals surface area contributed by atoms with E-state index in [9.17, 15) is 4.39 Å². The van der Waals surface area contributed by atoms with Gasteiger partial charge in [-0.2, -0.15) is 0 Å². The van der Waals surface area contributed by atoms with Crippen molar-refractivity contribution in [3.63, 3.8) is 0 Å². The second-order valence-electron chi connectivity index (χ2n) is 2.61. The summed E-state index contributed by atoms with van der Waals surface area (Å²) in [6.45, 7) is 0.760. The molecule has 1 heterocycles. The van der Waals surface area contributed by atoms with E-state index >= 15 is 0 Å². The van der Waals surface area contributed by atoms with Gasteiger partial charge in [0.1, 0.15) is 0 Å². The lowest BCUT2D eigenvalue weighted by Crippen LogP contribution is -1.93. The largest absolute Gasteiger partial charge is 0.505 e. The van der Waals surface area contributed by atoms with Crippen LogP contribution >= 0.6 is 0 Å². The highest BCUT2D eigenvalue weighted by Crippen LogP contribution is 2.30. The highest BCUT2D eigenvalue weighted by atomic mass is 19.1. The minimum Gasteiger partial charge on any atom is -0.505 e. The number of phenolic OH excluding ortho intramolecular Hbond substituents is 1. The molecule has 0 bridgehead atoms. The zero-order valence-corrected chi connectivity index (χ0v) is 5.89. The van der Waals surface area contributed by atoms with Crippen molar-refractivity contribution in [2.75, 3.05) is 11.9 Å². The summed E-state index contributed by atoms with van der Waals surface area (Å²) in [6, 6.07) is 3.13. The van der Waals surface area contributed by atoms with E-state index in [2.05, 4.69) is 5.32 Å². The van der Waals surface area contributed by atoms with Gasteiger partial charge in [0.25, 0.3) is 0 Å². The molecule has 0 amide bonds. The summed E-state index contributed by atoms with van der Waals surface area (Å²) in [7, 11) is 0. The zero-order valence-electron chi connectivity index (χ0n) is 5.89. The maximum atomic E-state index is 13.0. The van der Waals surface area contributed by atoms with E-state index in [1.807, 2.05) is 0 Å². The van der Waals surface area contributed by atoms with Gasteiger partial charge in [-0.1, -0.05) is 6.07 Å². The first-order valence-corrected chi connectivity index (χ1v) is 3.53. The van der Waals surface area contributed by atoms with Crippen LogP contribution in [0.5, 0.6) is 5.75 Å². The lowest BCUT2D eigenvalue weighted by molar-refractivity contribution is 0.434. The fourth-order valence-corrected chi connectivity index (χ4v) is 1.33. The van der Waals surface area contributed by atoms with Crippen LogP contribution in [0.25, 0.3) is 0 Å². The molecule has 0 aromatic heterocycles. The second-order valence-corrected chi connectivity index (χ2v) is 2.61. The molecular formula is C8H8FNO. The first-order chi connectivity index (χ1) is 5.29. The summed E-state index contributed by atoms with van der Waals surface area (Å²) in [5.41, 5.74) is 1.41. The van der Waals surface area contributed by atoms with Crippen molar-refractivity contribution < 1.29 is 9.50 Å². The molecule has 1 aromatic rings. The molecule has 58 valence electrons. The lowest BCUT2D eigenvalue weighted by atomic mass is 10.1. The Morgan fingerprint density at radius 1 is 1.45 bits per heavy atom. The number of hydrogen-bond acceptors (Lipinski definition) is 2. The Hall–Kier alpha value is -1.25. The number of benzene rings is 1. The van der Waals surface area contributed by atoms with E-state index in [1.165, 1.54) is 6.07 Å². The van der Waals surface area contributed by atoms with Crippen LogP contribution < -0.4 is 5.32 Å². The monoisotopic (exact) mass is 153 g/mol. The van der Waals surface area contributed by atoms with Crippen molar-refractivity contribution in [3.8, 4) is 5.75 Å². The van der Waals surface area contributed by atoms with Gasteiger partial charge in [0, 0.05) is 6.54 Å². The normalized spacial score (nSPS) is 14.3. The molecule has 3 heteroatoms. The van der Waals surface area contributed by atoms with Crippen LogP contribution in [0.1, 0.15) is 5.56 Å². The lowest BCUT2D eigenvalue weighted by Gasteiger charge is -2.01. The Morgan fingerprint density at radius 3 is 3.09 bits per heavy atom. The molecule has 11 heavy (non-hydrogen) atoms. The van der Waals surface area contributed by atoms with E-state index in [4.69, 9.17) is 5.11 Å². The van der Waals surface area contributed by atoms with Crippen LogP contribution in [0, 0.1) is 5.82 Å². The molecule has 0 saturated heterocycles. The third kappa shape index (κ3) is 0.843. The summed E-state index contributed by atoms with van der Waals surface area (Å²) < 4.78 is 13.0. The summed E-state index contributed by atoms with van der Waals surface area (Å²) in [6.07, 6.45) is 0.840. The molecule has 0 radical (unpaired) electrons. The van der Waals surface area contributed by atoms with Crippen LogP contribution in [0.4, 0.5) is 10.1 Å². The molecule has 0 saturated carbocycles. The van der Waals surface area contributed by atoms with E-state index < -0.39 is 5.82 Å². The third-order valence-electron chi connectivity index (χ3n) is 1.90. The maximum absolute atomic E-state index is 13.0. The third-order valence-corrected chi connectivity index (χ3v) is 1.90. The summed E-state index contributed by atoms with van der Waals surface area (Å²) in [5, 5.41) is 11.8. The van der Waals surface area contributed by atoms with Crippen LogP contribution in [0.15, 0.2) is 12.1 Å². The fourth-order valence-electron chi connectivity index (χ4n) is 1.33. The van der Waals surface area contributed by atoms with E-state index in [0.29, 0.717) is 5.69 Å². The maximum Gasteiger partial charge on any atom is 0.188 e. The van der Waals surface area contributed by atoms with E-state index in [1.54, 1.807) is 6.07 Å². The summed E-state index contributed by atoms with van der Waals surface area (Å²) >= 11 is 0. The Labute approximate surface area is 63.7 Å². The SMILES string of the molecule is Oc1ccc2c(c1F)NCC2. The van der Waals surface area contributed by atoms with Gasteiger partial charge < -0.3 is 10.4 Å². The smallest absolute Gasteiger partial charge is 0.188 e. The van der Waals surface area contributed by atoms with E-state index in [0.717, 1.165) is 18.5 Å². The summed E-state index contributed by atoms with van der Waals surface area (Å²) in [5.74, 6) is -0.807. The summed E-state index contributed by atoms with van der Waals surface area (Å²) in [4.78, 5) is 0. The molecular weight excluding hydrogens is 145 g/mol. The molecule has 1 aliphatic rings. The van der Waals surface area contributed by atoms with Crippen molar-refractivity contribution in [1.82, 2.24) is 0 Å². The Balaban J connectivity index is 2.62. The predicted molar refractivity (Wildman–Crippen MR) is 40.3 cm³/mol. The number of aromatic hydroxyl groups is 1. The van der Waals surface area contributed by atoms with Gasteiger partial charge in [-0.15, -0.1) is 0 Å². The zero-order chi connectivity index (χ0) is 7.84. The molecule has 2 rings (SSSR count). The number of fused-ring (bicyclic) bond motifs is 1. The number of nitrogens with one attached hydrogen (secondary N) is 1. The first-order valence-electron chi connectivity index (χ1n) is 3.53. The van der Waals surface area contributed by atoms with E-state index in [-0.39, 0.29) is 5.75 Å². The number of halogens is 1. The average Bonchev–Trinajstić information content (AvgIpc) is 2.45.